The lowest BCUT2D eigenvalue weighted by Gasteiger charge is -2.05. The second-order valence-electron chi connectivity index (χ2n) is 3.73. The molecule has 3 heteroatoms. The molecule has 0 radical (unpaired) electrons. The lowest BCUT2D eigenvalue weighted by atomic mass is 10.2. The van der Waals surface area contributed by atoms with Gasteiger partial charge in [0.2, 0.25) is 0 Å². The van der Waals surface area contributed by atoms with E-state index in [0.29, 0.717) is 0 Å². The van der Waals surface area contributed by atoms with E-state index in [1.54, 1.807) is 11.3 Å². The molecule has 0 aliphatic rings. The van der Waals surface area contributed by atoms with Crippen LogP contribution >= 0.6 is 11.3 Å². The zero-order valence-corrected chi connectivity index (χ0v) is 9.45. The van der Waals surface area contributed by atoms with E-state index in [1.165, 1.54) is 5.01 Å². The van der Waals surface area contributed by atoms with E-state index < -0.39 is 0 Å². The molecule has 74 valence electrons. The van der Waals surface area contributed by atoms with Crippen molar-refractivity contribution >= 4 is 11.3 Å². The van der Waals surface area contributed by atoms with Gasteiger partial charge in [0, 0.05) is 24.0 Å². The zero-order chi connectivity index (χ0) is 9.68. The van der Waals surface area contributed by atoms with Gasteiger partial charge in [0.25, 0.3) is 0 Å². The average molecular weight is 198 g/mol. The summed E-state index contributed by atoms with van der Waals surface area (Å²) in [5.74, 6) is 0.734. The van der Waals surface area contributed by atoms with E-state index in [4.69, 9.17) is 0 Å². The van der Waals surface area contributed by atoms with Crippen LogP contribution in [0.15, 0.2) is 5.38 Å². The Balaban J connectivity index is 2.13. The Morgan fingerprint density at radius 3 is 2.85 bits per heavy atom. The Hall–Kier alpha value is -0.410. The number of nitrogens with one attached hydrogen (secondary N) is 1. The Labute approximate surface area is 84.4 Å². The number of rotatable bonds is 5. The molecule has 0 aliphatic heterocycles. The second-order valence-corrected chi connectivity index (χ2v) is 4.67. The SMILES string of the molecule is Cc1csc(CCNCC(C)C)n1. The maximum Gasteiger partial charge on any atom is 0.0940 e. The third kappa shape index (κ3) is 4.39. The van der Waals surface area contributed by atoms with Crippen molar-refractivity contribution in [1.29, 1.82) is 0 Å². The quantitative estimate of drug-likeness (QED) is 0.734. The molecule has 0 unspecified atom stereocenters. The number of aromatic nitrogens is 1. The monoisotopic (exact) mass is 198 g/mol. The maximum absolute atomic E-state index is 4.41. The standard InChI is InChI=1S/C10H18N2S/c1-8(2)6-11-5-4-10-12-9(3)7-13-10/h7-8,11H,4-6H2,1-3H3. The summed E-state index contributed by atoms with van der Waals surface area (Å²) in [7, 11) is 0. The minimum atomic E-state index is 0.734. The van der Waals surface area contributed by atoms with E-state index in [1.807, 2.05) is 6.92 Å². The second kappa shape index (κ2) is 5.35. The summed E-state index contributed by atoms with van der Waals surface area (Å²) in [6.07, 6.45) is 1.06. The van der Waals surface area contributed by atoms with Crippen molar-refractivity contribution in [2.75, 3.05) is 13.1 Å². The summed E-state index contributed by atoms with van der Waals surface area (Å²) in [6, 6.07) is 0. The molecule has 1 N–H and O–H groups in total. The van der Waals surface area contributed by atoms with Gasteiger partial charge in [-0.15, -0.1) is 11.3 Å². The van der Waals surface area contributed by atoms with Gasteiger partial charge in [-0.25, -0.2) is 4.98 Å². The smallest absolute Gasteiger partial charge is 0.0940 e. The van der Waals surface area contributed by atoms with E-state index >= 15 is 0 Å². The van der Waals surface area contributed by atoms with Gasteiger partial charge in [0.05, 0.1) is 5.01 Å². The zero-order valence-electron chi connectivity index (χ0n) is 8.63. The van der Waals surface area contributed by atoms with Gasteiger partial charge in [-0.3, -0.25) is 0 Å². The molecule has 1 heterocycles. The van der Waals surface area contributed by atoms with E-state index in [2.05, 4.69) is 29.5 Å². The summed E-state index contributed by atoms with van der Waals surface area (Å²) in [6.45, 7) is 8.64. The molecule has 0 saturated carbocycles. The summed E-state index contributed by atoms with van der Waals surface area (Å²) in [4.78, 5) is 4.41. The largest absolute Gasteiger partial charge is 0.316 e. The Kier molecular flexibility index (Phi) is 4.39. The molecule has 1 aromatic heterocycles. The fraction of sp³-hybridized carbons (Fsp3) is 0.700. The summed E-state index contributed by atoms with van der Waals surface area (Å²) < 4.78 is 0. The first-order valence-electron chi connectivity index (χ1n) is 4.80. The van der Waals surface area contributed by atoms with Gasteiger partial charge in [-0.1, -0.05) is 13.8 Å². The Bertz CT molecular complexity index is 243. The molecule has 0 aromatic carbocycles. The van der Waals surface area contributed by atoms with Crippen molar-refractivity contribution in [3.63, 3.8) is 0 Å². The molecular weight excluding hydrogens is 180 g/mol. The summed E-state index contributed by atoms with van der Waals surface area (Å²) in [5.41, 5.74) is 1.14. The first-order valence-corrected chi connectivity index (χ1v) is 5.68. The molecule has 0 amide bonds. The van der Waals surface area contributed by atoms with Crippen LogP contribution < -0.4 is 5.32 Å². The minimum absolute atomic E-state index is 0.734. The highest BCUT2D eigenvalue weighted by Gasteiger charge is 1.98. The van der Waals surface area contributed by atoms with Crippen molar-refractivity contribution in [1.82, 2.24) is 10.3 Å². The molecule has 0 saturated heterocycles. The van der Waals surface area contributed by atoms with E-state index in [9.17, 15) is 0 Å². The molecule has 0 aliphatic carbocycles. The molecule has 1 rings (SSSR count). The normalized spacial score (nSPS) is 11.1. The van der Waals surface area contributed by atoms with Gasteiger partial charge in [0.1, 0.15) is 0 Å². The van der Waals surface area contributed by atoms with Crippen LogP contribution in [0.25, 0.3) is 0 Å². The van der Waals surface area contributed by atoms with Crippen LogP contribution in [-0.2, 0) is 6.42 Å². The summed E-state index contributed by atoms with van der Waals surface area (Å²) >= 11 is 1.76. The fourth-order valence-corrected chi connectivity index (χ4v) is 1.88. The lowest BCUT2D eigenvalue weighted by Crippen LogP contribution is -2.22. The summed E-state index contributed by atoms with van der Waals surface area (Å²) in [5, 5.41) is 6.76. The number of aryl methyl sites for hydroxylation is 1. The van der Waals surface area contributed by atoms with Crippen LogP contribution in [0.3, 0.4) is 0 Å². The third-order valence-electron chi connectivity index (χ3n) is 1.73. The number of hydrogen-bond acceptors (Lipinski definition) is 3. The molecule has 0 atom stereocenters. The van der Waals surface area contributed by atoms with Crippen molar-refractivity contribution in [3.8, 4) is 0 Å². The number of hydrogen-bond donors (Lipinski definition) is 1. The fourth-order valence-electron chi connectivity index (χ4n) is 1.10. The molecule has 1 aromatic rings. The molecule has 2 nitrogen and oxygen atoms in total. The Morgan fingerprint density at radius 1 is 1.54 bits per heavy atom. The van der Waals surface area contributed by atoms with Crippen molar-refractivity contribution in [3.05, 3.63) is 16.1 Å². The molecule has 0 fully saturated rings. The molecule has 0 bridgehead atoms. The highest BCUT2D eigenvalue weighted by Crippen LogP contribution is 2.08. The third-order valence-corrected chi connectivity index (χ3v) is 2.76. The first kappa shape index (κ1) is 10.7. The van der Waals surface area contributed by atoms with Crippen molar-refractivity contribution < 1.29 is 0 Å². The van der Waals surface area contributed by atoms with Gasteiger partial charge in [0.15, 0.2) is 0 Å². The van der Waals surface area contributed by atoms with Crippen molar-refractivity contribution in [2.45, 2.75) is 27.2 Å². The van der Waals surface area contributed by atoms with Crippen LogP contribution in [-0.4, -0.2) is 18.1 Å². The first-order chi connectivity index (χ1) is 6.18. The number of thiazole rings is 1. The predicted octanol–water partition coefficient (Wildman–Crippen LogP) is 2.24. The molecule has 0 spiro atoms. The van der Waals surface area contributed by atoms with Gasteiger partial charge in [-0.2, -0.15) is 0 Å². The van der Waals surface area contributed by atoms with Crippen LogP contribution in [0, 0.1) is 12.8 Å². The maximum atomic E-state index is 4.41. The van der Waals surface area contributed by atoms with Gasteiger partial charge >= 0.3 is 0 Å². The highest BCUT2D eigenvalue weighted by atomic mass is 32.1. The highest BCUT2D eigenvalue weighted by molar-refractivity contribution is 7.09. The van der Waals surface area contributed by atoms with Crippen LogP contribution in [0.5, 0.6) is 0 Å². The van der Waals surface area contributed by atoms with E-state index in [0.717, 1.165) is 31.1 Å². The Morgan fingerprint density at radius 2 is 2.31 bits per heavy atom. The van der Waals surface area contributed by atoms with Gasteiger partial charge in [-0.05, 0) is 19.4 Å². The van der Waals surface area contributed by atoms with Crippen LogP contribution in [0.2, 0.25) is 0 Å². The average Bonchev–Trinajstić information content (AvgIpc) is 2.45. The van der Waals surface area contributed by atoms with Crippen LogP contribution in [0.4, 0.5) is 0 Å². The number of nitrogens with zero attached hydrogens (tertiary/aromatic N) is 1. The van der Waals surface area contributed by atoms with Crippen LogP contribution in [0.1, 0.15) is 24.5 Å². The van der Waals surface area contributed by atoms with Gasteiger partial charge < -0.3 is 5.32 Å². The molecule has 13 heavy (non-hydrogen) atoms. The predicted molar refractivity (Wildman–Crippen MR) is 58.3 cm³/mol. The van der Waals surface area contributed by atoms with Crippen molar-refractivity contribution in [2.24, 2.45) is 5.92 Å². The minimum Gasteiger partial charge on any atom is -0.316 e. The van der Waals surface area contributed by atoms with E-state index in [-0.39, 0.29) is 0 Å². The topological polar surface area (TPSA) is 24.9 Å². The molecular formula is C10H18N2S. The lowest BCUT2D eigenvalue weighted by molar-refractivity contribution is 0.554.